The molecule has 0 amide bonds. The number of ketones is 1. The minimum Gasteiger partial charge on any atom is -0.293 e. The van der Waals surface area contributed by atoms with E-state index in [0.29, 0.717) is 5.75 Å². The van der Waals surface area contributed by atoms with E-state index in [0.717, 1.165) is 33.4 Å². The van der Waals surface area contributed by atoms with E-state index in [-0.39, 0.29) is 5.78 Å². The van der Waals surface area contributed by atoms with E-state index in [4.69, 9.17) is 0 Å². The summed E-state index contributed by atoms with van der Waals surface area (Å²) in [4.78, 5) is 12.7. The first-order chi connectivity index (χ1) is 12.4. The van der Waals surface area contributed by atoms with Crippen LogP contribution >= 0.6 is 11.8 Å². The molecule has 1 heterocycles. The minimum atomic E-state index is 0.118. The molecule has 1 aromatic heterocycles. The Bertz CT molecular complexity index is 975. The predicted octanol–water partition coefficient (Wildman–Crippen LogP) is 4.78. The number of carbonyl (C=O) groups is 1. The Morgan fingerprint density at radius 3 is 2.42 bits per heavy atom. The largest absolute Gasteiger partial charge is 0.293 e. The van der Waals surface area contributed by atoms with Crippen molar-refractivity contribution in [2.24, 2.45) is 0 Å². The van der Waals surface area contributed by atoms with Crippen LogP contribution in [0, 0.1) is 34.6 Å². The fraction of sp³-hybridized carbons (Fsp3) is 0.286. The predicted molar refractivity (Wildman–Crippen MR) is 107 cm³/mol. The second-order valence-electron chi connectivity index (χ2n) is 6.67. The maximum absolute atomic E-state index is 12.7. The molecule has 0 saturated carbocycles. The second kappa shape index (κ2) is 7.46. The van der Waals surface area contributed by atoms with Gasteiger partial charge in [-0.15, -0.1) is 10.2 Å². The molecule has 0 fully saturated rings. The van der Waals surface area contributed by atoms with Crippen molar-refractivity contribution in [2.75, 3.05) is 5.75 Å². The van der Waals surface area contributed by atoms with Crippen LogP contribution < -0.4 is 0 Å². The number of hydrogen-bond donors (Lipinski definition) is 0. The van der Waals surface area contributed by atoms with Crippen LogP contribution in [0.5, 0.6) is 0 Å². The first-order valence-corrected chi connectivity index (χ1v) is 9.58. The van der Waals surface area contributed by atoms with Crippen LogP contribution in [0.1, 0.15) is 38.4 Å². The number of carbonyl (C=O) groups excluding carboxylic acids is 1. The van der Waals surface area contributed by atoms with Crippen LogP contribution in [0.25, 0.3) is 5.69 Å². The number of aryl methyl sites for hydroxylation is 5. The van der Waals surface area contributed by atoms with Gasteiger partial charge in [-0.2, -0.15) is 0 Å². The molecule has 0 aliphatic rings. The highest BCUT2D eigenvalue weighted by atomic mass is 32.2. The van der Waals surface area contributed by atoms with Gasteiger partial charge in [0, 0.05) is 11.3 Å². The molecule has 0 atom stereocenters. The normalized spacial score (nSPS) is 11.0. The summed E-state index contributed by atoms with van der Waals surface area (Å²) in [5.41, 5.74) is 6.36. The molecule has 0 N–H and O–H groups in total. The number of rotatable bonds is 5. The lowest BCUT2D eigenvalue weighted by Crippen LogP contribution is -2.07. The van der Waals surface area contributed by atoms with Gasteiger partial charge in [0.15, 0.2) is 10.9 Å². The lowest BCUT2D eigenvalue weighted by molar-refractivity contribution is 0.102. The van der Waals surface area contributed by atoms with Gasteiger partial charge in [-0.1, -0.05) is 30.0 Å². The fourth-order valence-electron chi connectivity index (χ4n) is 2.97. The van der Waals surface area contributed by atoms with E-state index in [1.165, 1.54) is 22.9 Å². The van der Waals surface area contributed by atoms with E-state index in [2.05, 4.69) is 42.2 Å². The van der Waals surface area contributed by atoms with Gasteiger partial charge < -0.3 is 0 Å². The van der Waals surface area contributed by atoms with E-state index < -0.39 is 0 Å². The van der Waals surface area contributed by atoms with Gasteiger partial charge in [-0.3, -0.25) is 9.36 Å². The molecule has 0 saturated heterocycles. The summed E-state index contributed by atoms with van der Waals surface area (Å²) >= 11 is 1.43. The Labute approximate surface area is 158 Å². The van der Waals surface area contributed by atoms with Gasteiger partial charge in [0.05, 0.1) is 5.75 Å². The smallest absolute Gasteiger partial charge is 0.196 e. The molecule has 0 unspecified atom stereocenters. The number of aromatic nitrogens is 3. The highest BCUT2D eigenvalue weighted by Crippen LogP contribution is 2.24. The SMILES string of the molecule is Cc1cccc(-n2c(C)nnc2SCC(=O)c2cc(C)c(C)cc2C)c1. The van der Waals surface area contributed by atoms with Crippen LogP contribution in [0.2, 0.25) is 0 Å². The maximum Gasteiger partial charge on any atom is 0.196 e. The van der Waals surface area contributed by atoms with Crippen molar-refractivity contribution in [3.63, 3.8) is 0 Å². The van der Waals surface area contributed by atoms with Crippen molar-refractivity contribution >= 4 is 17.5 Å². The molecule has 0 radical (unpaired) electrons. The average Bonchev–Trinajstić information content (AvgIpc) is 2.96. The molecular formula is C21H23N3OS. The summed E-state index contributed by atoms with van der Waals surface area (Å²) in [7, 11) is 0. The van der Waals surface area contributed by atoms with Crippen LogP contribution in [0.3, 0.4) is 0 Å². The lowest BCUT2D eigenvalue weighted by atomic mass is 9.99. The molecule has 2 aromatic carbocycles. The highest BCUT2D eigenvalue weighted by molar-refractivity contribution is 7.99. The van der Waals surface area contributed by atoms with Crippen molar-refractivity contribution in [1.82, 2.24) is 14.8 Å². The van der Waals surface area contributed by atoms with Crippen molar-refractivity contribution in [1.29, 1.82) is 0 Å². The molecule has 26 heavy (non-hydrogen) atoms. The Hall–Kier alpha value is -2.40. The molecule has 3 aromatic rings. The third kappa shape index (κ3) is 3.73. The molecule has 0 bridgehead atoms. The van der Waals surface area contributed by atoms with Gasteiger partial charge in [0.25, 0.3) is 0 Å². The highest BCUT2D eigenvalue weighted by Gasteiger charge is 2.16. The van der Waals surface area contributed by atoms with E-state index in [1.54, 1.807) is 0 Å². The molecule has 3 rings (SSSR count). The van der Waals surface area contributed by atoms with Crippen molar-refractivity contribution in [3.05, 3.63) is 70.0 Å². The summed E-state index contributed by atoms with van der Waals surface area (Å²) in [5, 5.41) is 9.20. The fourth-order valence-corrected chi connectivity index (χ4v) is 3.85. The second-order valence-corrected chi connectivity index (χ2v) is 7.61. The topological polar surface area (TPSA) is 47.8 Å². The molecule has 5 heteroatoms. The molecule has 134 valence electrons. The van der Waals surface area contributed by atoms with Gasteiger partial charge in [0.1, 0.15) is 5.82 Å². The van der Waals surface area contributed by atoms with Crippen molar-refractivity contribution in [3.8, 4) is 5.69 Å². The third-order valence-corrected chi connectivity index (χ3v) is 5.46. The molecule has 0 aliphatic carbocycles. The number of Topliss-reactive ketones (excluding diaryl/α,β-unsaturated/α-hetero) is 1. The standard InChI is InChI=1S/C21H23N3OS/c1-13-7-6-8-18(9-13)24-17(5)22-23-21(24)26-12-20(25)19-11-15(3)14(2)10-16(19)4/h6-11H,12H2,1-5H3. The molecule has 0 spiro atoms. The monoisotopic (exact) mass is 365 g/mol. The number of benzene rings is 2. The zero-order valence-electron chi connectivity index (χ0n) is 15.8. The maximum atomic E-state index is 12.7. The van der Waals surface area contributed by atoms with Crippen LogP contribution in [-0.2, 0) is 0 Å². The van der Waals surface area contributed by atoms with Gasteiger partial charge in [-0.25, -0.2) is 0 Å². The van der Waals surface area contributed by atoms with E-state index >= 15 is 0 Å². The van der Waals surface area contributed by atoms with Gasteiger partial charge in [0.2, 0.25) is 0 Å². The minimum absolute atomic E-state index is 0.118. The van der Waals surface area contributed by atoms with Crippen LogP contribution in [0.15, 0.2) is 41.6 Å². The van der Waals surface area contributed by atoms with Crippen molar-refractivity contribution in [2.45, 2.75) is 39.8 Å². The zero-order valence-corrected chi connectivity index (χ0v) is 16.6. The van der Waals surface area contributed by atoms with Gasteiger partial charge in [-0.05, 0) is 75.1 Å². The lowest BCUT2D eigenvalue weighted by Gasteiger charge is -2.10. The van der Waals surface area contributed by atoms with Crippen LogP contribution in [0.4, 0.5) is 0 Å². The summed E-state index contributed by atoms with van der Waals surface area (Å²) in [6.45, 7) is 10.1. The Morgan fingerprint density at radius 1 is 0.962 bits per heavy atom. The summed E-state index contributed by atoms with van der Waals surface area (Å²) in [6, 6.07) is 12.3. The summed E-state index contributed by atoms with van der Waals surface area (Å²) in [5.74, 6) is 1.27. The first-order valence-electron chi connectivity index (χ1n) is 8.59. The summed E-state index contributed by atoms with van der Waals surface area (Å²) < 4.78 is 2.00. The summed E-state index contributed by atoms with van der Waals surface area (Å²) in [6.07, 6.45) is 0. The third-order valence-electron chi connectivity index (χ3n) is 4.53. The zero-order chi connectivity index (χ0) is 18.8. The molecular weight excluding hydrogens is 342 g/mol. The van der Waals surface area contributed by atoms with Gasteiger partial charge >= 0.3 is 0 Å². The quantitative estimate of drug-likeness (QED) is 0.482. The Kier molecular flexibility index (Phi) is 5.28. The average molecular weight is 366 g/mol. The van der Waals surface area contributed by atoms with Crippen molar-refractivity contribution < 1.29 is 4.79 Å². The van der Waals surface area contributed by atoms with E-state index in [1.807, 2.05) is 43.5 Å². The Balaban J connectivity index is 1.83. The number of thioether (sulfide) groups is 1. The molecule has 4 nitrogen and oxygen atoms in total. The number of hydrogen-bond acceptors (Lipinski definition) is 4. The Morgan fingerprint density at radius 2 is 1.69 bits per heavy atom. The van der Waals surface area contributed by atoms with E-state index in [9.17, 15) is 4.79 Å². The number of nitrogens with zero attached hydrogens (tertiary/aromatic N) is 3. The molecule has 0 aliphatic heterocycles. The first kappa shape index (κ1) is 18.4. The van der Waals surface area contributed by atoms with Crippen LogP contribution in [-0.4, -0.2) is 26.3 Å².